The molecule has 2 fully saturated rings. The van der Waals surface area contributed by atoms with Crippen LogP contribution in [-0.2, 0) is 16.4 Å². The van der Waals surface area contributed by atoms with Gasteiger partial charge in [-0.05, 0) is 43.4 Å². The Labute approximate surface area is 161 Å². The van der Waals surface area contributed by atoms with Gasteiger partial charge in [-0.15, -0.1) is 0 Å². The molecule has 27 heavy (non-hydrogen) atoms. The first kappa shape index (κ1) is 18.6. The molecule has 1 aliphatic heterocycles. The lowest BCUT2D eigenvalue weighted by Gasteiger charge is -2.25. The van der Waals surface area contributed by atoms with Crippen LogP contribution in [0.4, 0.5) is 0 Å². The van der Waals surface area contributed by atoms with E-state index >= 15 is 0 Å². The molecule has 2 heterocycles. The monoisotopic (exact) mass is 389 g/mol. The molecule has 1 aromatic heterocycles. The van der Waals surface area contributed by atoms with E-state index < -0.39 is 10.0 Å². The molecule has 4 rings (SSSR count). The van der Waals surface area contributed by atoms with Crippen molar-refractivity contribution in [3.05, 3.63) is 41.5 Å². The fraction of sp³-hybridized carbons (Fsp3) is 0.600. The summed E-state index contributed by atoms with van der Waals surface area (Å²) in [6.07, 6.45) is 9.58. The number of hydrogen-bond donors (Lipinski definition) is 0. The molecule has 0 amide bonds. The molecule has 1 saturated heterocycles. The number of benzene rings is 1. The lowest BCUT2D eigenvalue weighted by atomic mass is 9.89. The summed E-state index contributed by atoms with van der Waals surface area (Å²) in [5, 5.41) is 4.17. The molecule has 0 unspecified atom stereocenters. The summed E-state index contributed by atoms with van der Waals surface area (Å²) in [5.41, 5.74) is 0.978. The molecule has 0 N–H and O–H groups in total. The van der Waals surface area contributed by atoms with Crippen molar-refractivity contribution in [2.45, 2.75) is 68.6 Å². The van der Waals surface area contributed by atoms with E-state index in [9.17, 15) is 8.42 Å². The van der Waals surface area contributed by atoms with Gasteiger partial charge in [0, 0.05) is 19.0 Å². The van der Waals surface area contributed by atoms with Crippen molar-refractivity contribution in [3.63, 3.8) is 0 Å². The fourth-order valence-electron chi connectivity index (χ4n) is 4.07. The lowest BCUT2D eigenvalue weighted by molar-refractivity contribution is 0.346. The summed E-state index contributed by atoms with van der Waals surface area (Å²) in [4.78, 5) is 4.93. The van der Waals surface area contributed by atoms with Crippen LogP contribution in [0.5, 0.6) is 0 Å². The van der Waals surface area contributed by atoms with Crippen molar-refractivity contribution in [3.8, 4) is 0 Å². The van der Waals surface area contributed by atoms with Gasteiger partial charge in [-0.2, -0.15) is 9.29 Å². The van der Waals surface area contributed by atoms with Crippen molar-refractivity contribution < 1.29 is 12.9 Å². The van der Waals surface area contributed by atoms with Gasteiger partial charge in [-0.25, -0.2) is 8.42 Å². The maximum atomic E-state index is 12.7. The van der Waals surface area contributed by atoms with Gasteiger partial charge >= 0.3 is 0 Å². The molecule has 1 aliphatic carbocycles. The smallest absolute Gasteiger partial charge is 0.243 e. The molecule has 146 valence electrons. The summed E-state index contributed by atoms with van der Waals surface area (Å²) in [7, 11) is -3.38. The van der Waals surface area contributed by atoms with Crippen LogP contribution in [0.25, 0.3) is 0 Å². The predicted octanol–water partition coefficient (Wildman–Crippen LogP) is 3.88. The molecule has 2 aromatic rings. The molecule has 1 saturated carbocycles. The number of aromatic nitrogens is 2. The molecule has 2 aliphatic rings. The lowest BCUT2D eigenvalue weighted by Crippen LogP contribution is -2.35. The zero-order valence-corrected chi connectivity index (χ0v) is 16.5. The minimum absolute atomic E-state index is 0.363. The third-order valence-corrected chi connectivity index (χ3v) is 7.60. The van der Waals surface area contributed by atoms with Crippen LogP contribution in [0.1, 0.15) is 74.6 Å². The second-order valence-corrected chi connectivity index (χ2v) is 9.60. The van der Waals surface area contributed by atoms with E-state index in [0.29, 0.717) is 36.2 Å². The maximum absolute atomic E-state index is 12.7. The highest BCUT2D eigenvalue weighted by atomic mass is 32.2. The number of hydrogen-bond acceptors (Lipinski definition) is 5. The fourth-order valence-corrected chi connectivity index (χ4v) is 5.59. The number of rotatable bonds is 5. The van der Waals surface area contributed by atoms with Crippen LogP contribution in [-0.4, -0.2) is 36.0 Å². The standard InChI is InChI=1S/C20H27N3O3S/c24-27(25,23-13-5-2-6-14-23)18-11-9-16(10-12-18)15-19-21-20(22-26-19)17-7-3-1-4-8-17/h9-12,17H,1-8,13-15H2. The Morgan fingerprint density at radius 1 is 0.963 bits per heavy atom. The van der Waals surface area contributed by atoms with Gasteiger partial charge in [0.2, 0.25) is 15.9 Å². The van der Waals surface area contributed by atoms with Crippen LogP contribution >= 0.6 is 0 Å². The van der Waals surface area contributed by atoms with Crippen LogP contribution in [0, 0.1) is 0 Å². The quantitative estimate of drug-likeness (QED) is 0.775. The van der Waals surface area contributed by atoms with E-state index in [0.717, 1.165) is 43.5 Å². The summed E-state index contributed by atoms with van der Waals surface area (Å²) in [6.45, 7) is 1.24. The van der Waals surface area contributed by atoms with Gasteiger partial charge in [-0.1, -0.05) is 43.0 Å². The molecular weight excluding hydrogens is 362 g/mol. The summed E-state index contributed by atoms with van der Waals surface area (Å²) >= 11 is 0. The van der Waals surface area contributed by atoms with E-state index in [4.69, 9.17) is 4.52 Å². The summed E-state index contributed by atoms with van der Waals surface area (Å²) in [5.74, 6) is 1.85. The van der Waals surface area contributed by atoms with Gasteiger partial charge in [0.1, 0.15) is 0 Å². The maximum Gasteiger partial charge on any atom is 0.243 e. The third kappa shape index (κ3) is 4.24. The second kappa shape index (κ2) is 8.10. The minimum Gasteiger partial charge on any atom is -0.339 e. The van der Waals surface area contributed by atoms with Crippen molar-refractivity contribution >= 4 is 10.0 Å². The van der Waals surface area contributed by atoms with Crippen molar-refractivity contribution in [2.24, 2.45) is 0 Å². The van der Waals surface area contributed by atoms with Gasteiger partial charge in [0.25, 0.3) is 0 Å². The van der Waals surface area contributed by atoms with E-state index in [2.05, 4.69) is 10.1 Å². The first-order valence-electron chi connectivity index (χ1n) is 10.0. The van der Waals surface area contributed by atoms with E-state index in [-0.39, 0.29) is 0 Å². The Balaban J connectivity index is 1.43. The zero-order chi connectivity index (χ0) is 18.7. The zero-order valence-electron chi connectivity index (χ0n) is 15.6. The van der Waals surface area contributed by atoms with E-state index in [1.807, 2.05) is 12.1 Å². The highest BCUT2D eigenvalue weighted by Gasteiger charge is 2.26. The van der Waals surface area contributed by atoms with Crippen molar-refractivity contribution in [1.29, 1.82) is 0 Å². The average Bonchev–Trinajstić information content (AvgIpc) is 3.18. The molecule has 1 aromatic carbocycles. The minimum atomic E-state index is -3.38. The molecule has 7 heteroatoms. The number of sulfonamides is 1. The topological polar surface area (TPSA) is 76.3 Å². The SMILES string of the molecule is O=S(=O)(c1ccc(Cc2nc(C3CCCCC3)no2)cc1)N1CCCCC1. The normalized spacial score (nSPS) is 20.0. The van der Waals surface area contributed by atoms with E-state index in [1.54, 1.807) is 16.4 Å². The van der Waals surface area contributed by atoms with Gasteiger partial charge in [-0.3, -0.25) is 0 Å². The van der Waals surface area contributed by atoms with Crippen LogP contribution in [0.2, 0.25) is 0 Å². The van der Waals surface area contributed by atoms with Gasteiger partial charge in [0.05, 0.1) is 11.3 Å². The molecule has 0 bridgehead atoms. The van der Waals surface area contributed by atoms with Crippen molar-refractivity contribution in [2.75, 3.05) is 13.1 Å². The number of nitrogens with zero attached hydrogens (tertiary/aromatic N) is 3. The van der Waals surface area contributed by atoms with Crippen molar-refractivity contribution in [1.82, 2.24) is 14.4 Å². The Bertz CT molecular complexity index is 849. The summed E-state index contributed by atoms with van der Waals surface area (Å²) < 4.78 is 32.5. The highest BCUT2D eigenvalue weighted by Crippen LogP contribution is 2.31. The predicted molar refractivity (Wildman–Crippen MR) is 102 cm³/mol. The second-order valence-electron chi connectivity index (χ2n) is 7.67. The average molecular weight is 390 g/mol. The largest absolute Gasteiger partial charge is 0.339 e. The molecule has 6 nitrogen and oxygen atoms in total. The van der Waals surface area contributed by atoms with Crippen LogP contribution in [0.3, 0.4) is 0 Å². The Morgan fingerprint density at radius 3 is 2.33 bits per heavy atom. The Kier molecular flexibility index (Phi) is 5.59. The molecule has 0 radical (unpaired) electrons. The van der Waals surface area contributed by atoms with E-state index in [1.165, 1.54) is 19.3 Å². The van der Waals surface area contributed by atoms with Crippen LogP contribution < -0.4 is 0 Å². The Hall–Kier alpha value is -1.73. The molecular formula is C20H27N3O3S. The van der Waals surface area contributed by atoms with Gasteiger partial charge < -0.3 is 4.52 Å². The summed E-state index contributed by atoms with van der Waals surface area (Å²) in [6, 6.07) is 7.08. The Morgan fingerprint density at radius 2 is 1.63 bits per heavy atom. The first-order valence-corrected chi connectivity index (χ1v) is 11.5. The third-order valence-electron chi connectivity index (χ3n) is 5.69. The first-order chi connectivity index (χ1) is 13.1. The van der Waals surface area contributed by atoms with Crippen LogP contribution in [0.15, 0.2) is 33.7 Å². The molecule has 0 atom stereocenters. The highest BCUT2D eigenvalue weighted by molar-refractivity contribution is 7.89. The van der Waals surface area contributed by atoms with Gasteiger partial charge in [0.15, 0.2) is 5.82 Å². The number of piperidine rings is 1. The molecule has 0 spiro atoms.